The van der Waals surface area contributed by atoms with Crippen LogP contribution in [0.4, 0.5) is 5.69 Å². The van der Waals surface area contributed by atoms with E-state index in [-0.39, 0.29) is 0 Å². The van der Waals surface area contributed by atoms with Gasteiger partial charge >= 0.3 is 0 Å². The highest BCUT2D eigenvalue weighted by molar-refractivity contribution is 5.54. The van der Waals surface area contributed by atoms with Crippen LogP contribution in [0.25, 0.3) is 0 Å². The summed E-state index contributed by atoms with van der Waals surface area (Å²) in [4.78, 5) is 0. The molecule has 1 saturated carbocycles. The summed E-state index contributed by atoms with van der Waals surface area (Å²) in [6.45, 7) is 2.04. The van der Waals surface area contributed by atoms with E-state index >= 15 is 0 Å². The fourth-order valence-electron chi connectivity index (χ4n) is 3.33. The molecule has 110 valence electrons. The molecule has 2 aromatic carbocycles. The van der Waals surface area contributed by atoms with Gasteiger partial charge in [-0.15, -0.1) is 0 Å². The molecule has 2 nitrogen and oxygen atoms in total. The van der Waals surface area contributed by atoms with E-state index in [4.69, 9.17) is 0 Å². The van der Waals surface area contributed by atoms with Crippen LogP contribution in [-0.4, -0.2) is 11.1 Å². The third-order valence-electron chi connectivity index (χ3n) is 4.57. The maximum atomic E-state index is 9.48. The number of anilines is 1. The highest BCUT2D eigenvalue weighted by atomic mass is 16.3. The van der Waals surface area contributed by atoms with E-state index < -0.39 is 0 Å². The average molecular weight is 281 g/mol. The molecule has 0 unspecified atom stereocenters. The van der Waals surface area contributed by atoms with Crippen molar-refractivity contribution in [2.75, 3.05) is 5.32 Å². The summed E-state index contributed by atoms with van der Waals surface area (Å²) in [7, 11) is 0. The summed E-state index contributed by atoms with van der Waals surface area (Å²) >= 11 is 0. The van der Waals surface area contributed by atoms with Gasteiger partial charge in [0.15, 0.2) is 0 Å². The van der Waals surface area contributed by atoms with E-state index in [2.05, 4.69) is 35.6 Å². The molecular weight excluding hydrogens is 258 g/mol. The minimum Gasteiger partial charge on any atom is -0.508 e. The SMILES string of the molecule is Cc1cc(O)ccc1NC1CCC(c2ccccc2)CC1. The second kappa shape index (κ2) is 6.21. The Balaban J connectivity index is 1.59. The third-order valence-corrected chi connectivity index (χ3v) is 4.57. The Morgan fingerprint density at radius 2 is 1.67 bits per heavy atom. The summed E-state index contributed by atoms with van der Waals surface area (Å²) in [5, 5.41) is 13.1. The zero-order valence-corrected chi connectivity index (χ0v) is 12.5. The number of nitrogens with one attached hydrogen (secondary N) is 1. The van der Waals surface area contributed by atoms with Crippen molar-refractivity contribution in [3.05, 3.63) is 59.7 Å². The van der Waals surface area contributed by atoms with Gasteiger partial charge in [0, 0.05) is 11.7 Å². The number of phenols is 1. The number of benzene rings is 2. The number of aryl methyl sites for hydroxylation is 1. The molecule has 0 aromatic heterocycles. The number of phenolic OH excluding ortho intramolecular Hbond substituents is 1. The van der Waals surface area contributed by atoms with Crippen LogP contribution in [0, 0.1) is 6.92 Å². The predicted molar refractivity (Wildman–Crippen MR) is 87.9 cm³/mol. The van der Waals surface area contributed by atoms with Gasteiger partial charge in [0.05, 0.1) is 0 Å². The molecule has 2 N–H and O–H groups in total. The van der Waals surface area contributed by atoms with E-state index in [0.29, 0.717) is 17.7 Å². The van der Waals surface area contributed by atoms with Crippen molar-refractivity contribution in [1.82, 2.24) is 0 Å². The van der Waals surface area contributed by atoms with E-state index in [1.54, 1.807) is 6.07 Å². The molecule has 0 heterocycles. The Morgan fingerprint density at radius 3 is 2.33 bits per heavy atom. The monoisotopic (exact) mass is 281 g/mol. The smallest absolute Gasteiger partial charge is 0.115 e. The van der Waals surface area contributed by atoms with Crippen LogP contribution in [0.5, 0.6) is 5.75 Å². The van der Waals surface area contributed by atoms with Crippen LogP contribution in [0.3, 0.4) is 0 Å². The fraction of sp³-hybridized carbons (Fsp3) is 0.368. The van der Waals surface area contributed by atoms with Gasteiger partial charge < -0.3 is 10.4 Å². The first-order valence-electron chi connectivity index (χ1n) is 7.83. The van der Waals surface area contributed by atoms with Gasteiger partial charge in [-0.1, -0.05) is 30.3 Å². The van der Waals surface area contributed by atoms with E-state index in [1.165, 1.54) is 31.2 Å². The van der Waals surface area contributed by atoms with Crippen molar-refractivity contribution >= 4 is 5.69 Å². The normalized spacial score (nSPS) is 22.0. The van der Waals surface area contributed by atoms with E-state index in [0.717, 1.165) is 11.3 Å². The topological polar surface area (TPSA) is 32.3 Å². The van der Waals surface area contributed by atoms with E-state index in [9.17, 15) is 5.11 Å². The summed E-state index contributed by atoms with van der Waals surface area (Å²) in [6, 6.07) is 17.0. The zero-order valence-electron chi connectivity index (χ0n) is 12.5. The Bertz CT molecular complexity index is 586. The second-order valence-electron chi connectivity index (χ2n) is 6.10. The Morgan fingerprint density at radius 1 is 0.952 bits per heavy atom. The lowest BCUT2D eigenvalue weighted by Crippen LogP contribution is -2.25. The molecule has 0 aliphatic heterocycles. The van der Waals surface area contributed by atoms with Crippen molar-refractivity contribution in [2.24, 2.45) is 0 Å². The van der Waals surface area contributed by atoms with Crippen molar-refractivity contribution < 1.29 is 5.11 Å². The van der Waals surface area contributed by atoms with Crippen molar-refractivity contribution in [3.63, 3.8) is 0 Å². The lowest BCUT2D eigenvalue weighted by atomic mass is 9.81. The van der Waals surface area contributed by atoms with Crippen molar-refractivity contribution in [3.8, 4) is 5.75 Å². The molecule has 0 radical (unpaired) electrons. The van der Waals surface area contributed by atoms with Gasteiger partial charge in [-0.05, 0) is 67.9 Å². The fourth-order valence-corrected chi connectivity index (χ4v) is 3.33. The number of hydrogen-bond donors (Lipinski definition) is 2. The first-order valence-corrected chi connectivity index (χ1v) is 7.83. The van der Waals surface area contributed by atoms with Crippen LogP contribution in [0.2, 0.25) is 0 Å². The van der Waals surface area contributed by atoms with Gasteiger partial charge in [0.1, 0.15) is 5.75 Å². The maximum absolute atomic E-state index is 9.48. The summed E-state index contributed by atoms with van der Waals surface area (Å²) in [6.07, 6.45) is 4.91. The largest absolute Gasteiger partial charge is 0.508 e. The zero-order chi connectivity index (χ0) is 14.7. The first kappa shape index (κ1) is 14.0. The van der Waals surface area contributed by atoms with Gasteiger partial charge in [-0.25, -0.2) is 0 Å². The minimum atomic E-state index is 0.339. The third kappa shape index (κ3) is 3.38. The van der Waals surface area contributed by atoms with Crippen LogP contribution in [0.15, 0.2) is 48.5 Å². The summed E-state index contributed by atoms with van der Waals surface area (Å²) < 4.78 is 0. The molecule has 3 rings (SSSR count). The molecule has 0 amide bonds. The summed E-state index contributed by atoms with van der Waals surface area (Å²) in [5.74, 6) is 1.05. The Kier molecular flexibility index (Phi) is 4.14. The number of aromatic hydroxyl groups is 1. The van der Waals surface area contributed by atoms with Crippen LogP contribution < -0.4 is 5.32 Å². The molecule has 2 heteroatoms. The molecule has 0 spiro atoms. The van der Waals surface area contributed by atoms with Gasteiger partial charge in [-0.2, -0.15) is 0 Å². The molecule has 0 bridgehead atoms. The lowest BCUT2D eigenvalue weighted by molar-refractivity contribution is 0.412. The second-order valence-corrected chi connectivity index (χ2v) is 6.10. The number of rotatable bonds is 3. The molecule has 1 aliphatic rings. The van der Waals surface area contributed by atoms with Crippen LogP contribution in [-0.2, 0) is 0 Å². The van der Waals surface area contributed by atoms with Crippen molar-refractivity contribution in [1.29, 1.82) is 0 Å². The quantitative estimate of drug-likeness (QED) is 0.789. The highest BCUT2D eigenvalue weighted by Gasteiger charge is 2.22. The standard InChI is InChI=1S/C19H23NO/c1-14-13-18(21)11-12-19(14)20-17-9-7-16(8-10-17)15-5-3-2-4-6-15/h2-6,11-13,16-17,20-21H,7-10H2,1H3. The maximum Gasteiger partial charge on any atom is 0.115 e. The molecule has 2 aromatic rings. The lowest BCUT2D eigenvalue weighted by Gasteiger charge is -2.30. The highest BCUT2D eigenvalue weighted by Crippen LogP contribution is 2.34. The predicted octanol–water partition coefficient (Wildman–Crippen LogP) is 4.84. The summed E-state index contributed by atoms with van der Waals surface area (Å²) in [5.41, 5.74) is 3.74. The molecule has 0 saturated heterocycles. The Labute approximate surface area is 126 Å². The molecule has 1 aliphatic carbocycles. The minimum absolute atomic E-state index is 0.339. The molecule has 21 heavy (non-hydrogen) atoms. The van der Waals surface area contributed by atoms with Crippen LogP contribution >= 0.6 is 0 Å². The van der Waals surface area contributed by atoms with Crippen LogP contribution in [0.1, 0.15) is 42.7 Å². The first-order chi connectivity index (χ1) is 10.2. The Hall–Kier alpha value is -1.96. The molecule has 1 fully saturated rings. The average Bonchev–Trinajstić information content (AvgIpc) is 2.52. The number of hydrogen-bond acceptors (Lipinski definition) is 2. The van der Waals surface area contributed by atoms with Crippen molar-refractivity contribution in [2.45, 2.75) is 44.6 Å². The molecular formula is C19H23NO. The van der Waals surface area contributed by atoms with Gasteiger partial charge in [0.2, 0.25) is 0 Å². The van der Waals surface area contributed by atoms with Gasteiger partial charge in [-0.3, -0.25) is 0 Å². The van der Waals surface area contributed by atoms with E-state index in [1.807, 2.05) is 19.1 Å². The molecule has 0 atom stereocenters. The van der Waals surface area contributed by atoms with Gasteiger partial charge in [0.25, 0.3) is 0 Å².